The second-order valence-corrected chi connectivity index (χ2v) is 3.60. The molecule has 0 spiro atoms. The maximum absolute atomic E-state index is 4.11. The van der Waals surface area contributed by atoms with Crippen molar-refractivity contribution in [3.63, 3.8) is 0 Å². The molecule has 0 radical (unpaired) electrons. The predicted octanol–water partition coefficient (Wildman–Crippen LogP) is 1.81. The largest absolute Gasteiger partial charge is 0.179 e. The zero-order chi connectivity index (χ0) is 5.11. The van der Waals surface area contributed by atoms with E-state index in [1.54, 1.807) is 0 Å². The molecule has 1 heterocycles. The van der Waals surface area contributed by atoms with Gasteiger partial charge in [-0.05, 0) is 18.6 Å². The molecule has 0 aliphatic carbocycles. The molecule has 1 saturated heterocycles. The molecule has 0 nitrogen and oxygen atoms in total. The van der Waals surface area contributed by atoms with Gasteiger partial charge in [-0.3, -0.25) is 0 Å². The van der Waals surface area contributed by atoms with Gasteiger partial charge in [0.1, 0.15) is 0 Å². The second-order valence-electron chi connectivity index (χ2n) is 1.82. The number of rotatable bonds is 3. The minimum absolute atomic E-state index is 1.02. The van der Waals surface area contributed by atoms with Crippen LogP contribution >= 0.6 is 24.4 Å². The first-order valence-electron chi connectivity index (χ1n) is 2.66. The van der Waals surface area contributed by atoms with E-state index in [4.69, 9.17) is 0 Å². The van der Waals surface area contributed by atoms with Crippen molar-refractivity contribution in [3.05, 3.63) is 0 Å². The average Bonchev–Trinajstić information content (AvgIpc) is 2.42. The lowest BCUT2D eigenvalue weighted by molar-refractivity contribution is 0.841. The van der Waals surface area contributed by atoms with Crippen molar-refractivity contribution in [2.75, 3.05) is 11.5 Å². The molecule has 2 heteroatoms. The Kier molecular flexibility index (Phi) is 2.40. The van der Waals surface area contributed by atoms with Crippen LogP contribution in [0.2, 0.25) is 0 Å². The predicted molar refractivity (Wildman–Crippen MR) is 39.3 cm³/mol. The molecule has 0 amide bonds. The van der Waals surface area contributed by atoms with Crippen LogP contribution in [0.3, 0.4) is 0 Å². The van der Waals surface area contributed by atoms with Crippen molar-refractivity contribution in [1.29, 1.82) is 0 Å². The lowest BCUT2D eigenvalue weighted by Crippen LogP contribution is -1.82. The normalized spacial score (nSPS) is 27.9. The standard InChI is InChI=1S/C5H10S2/c6-3-1-2-5-4-7-5/h5-6H,1-4H2. The lowest BCUT2D eigenvalue weighted by Gasteiger charge is -1.87. The van der Waals surface area contributed by atoms with E-state index in [1.807, 2.05) is 0 Å². The van der Waals surface area contributed by atoms with Gasteiger partial charge in [0.25, 0.3) is 0 Å². The molecule has 42 valence electrons. The van der Waals surface area contributed by atoms with E-state index in [-0.39, 0.29) is 0 Å². The molecule has 1 aliphatic rings. The Bertz CT molecular complexity index is 50.0. The molecule has 1 atom stereocenters. The van der Waals surface area contributed by atoms with Crippen molar-refractivity contribution in [2.24, 2.45) is 0 Å². The van der Waals surface area contributed by atoms with Crippen LogP contribution in [0.5, 0.6) is 0 Å². The van der Waals surface area contributed by atoms with Gasteiger partial charge in [-0.25, -0.2) is 0 Å². The molecule has 1 aliphatic heterocycles. The number of hydrogen-bond acceptors (Lipinski definition) is 2. The molecule has 0 N–H and O–H groups in total. The first-order chi connectivity index (χ1) is 3.43. The summed E-state index contributed by atoms with van der Waals surface area (Å²) < 4.78 is 0. The summed E-state index contributed by atoms with van der Waals surface area (Å²) in [6, 6.07) is 0. The van der Waals surface area contributed by atoms with Crippen molar-refractivity contribution in [2.45, 2.75) is 18.1 Å². The summed E-state index contributed by atoms with van der Waals surface area (Å²) >= 11 is 6.19. The minimum Gasteiger partial charge on any atom is -0.179 e. The summed E-state index contributed by atoms with van der Waals surface area (Å²) in [4.78, 5) is 0. The smallest absolute Gasteiger partial charge is 0.0138 e. The van der Waals surface area contributed by atoms with Crippen LogP contribution < -0.4 is 0 Å². The summed E-state index contributed by atoms with van der Waals surface area (Å²) in [6.07, 6.45) is 2.70. The van der Waals surface area contributed by atoms with E-state index in [0.29, 0.717) is 0 Å². The highest BCUT2D eigenvalue weighted by Crippen LogP contribution is 2.33. The quantitative estimate of drug-likeness (QED) is 0.454. The van der Waals surface area contributed by atoms with Crippen LogP contribution in [0.25, 0.3) is 0 Å². The number of thiol groups is 1. The van der Waals surface area contributed by atoms with Crippen molar-refractivity contribution >= 4 is 24.4 Å². The van der Waals surface area contributed by atoms with Gasteiger partial charge in [-0.1, -0.05) is 0 Å². The minimum atomic E-state index is 1.02. The van der Waals surface area contributed by atoms with E-state index < -0.39 is 0 Å². The Morgan fingerprint density at radius 2 is 2.43 bits per heavy atom. The summed E-state index contributed by atoms with van der Waals surface area (Å²) in [6.45, 7) is 0. The van der Waals surface area contributed by atoms with Gasteiger partial charge in [0, 0.05) is 11.0 Å². The molecule has 7 heavy (non-hydrogen) atoms. The Hall–Kier alpha value is 0.700. The summed E-state index contributed by atoms with van der Waals surface area (Å²) in [5, 5.41) is 1.02. The zero-order valence-electron chi connectivity index (χ0n) is 4.26. The fourth-order valence-corrected chi connectivity index (χ4v) is 1.37. The van der Waals surface area contributed by atoms with E-state index in [1.165, 1.54) is 18.6 Å². The first kappa shape index (κ1) is 5.83. The third kappa shape index (κ3) is 2.50. The second kappa shape index (κ2) is 2.88. The van der Waals surface area contributed by atoms with E-state index in [9.17, 15) is 0 Å². The van der Waals surface area contributed by atoms with Gasteiger partial charge in [-0.2, -0.15) is 24.4 Å². The third-order valence-corrected chi connectivity index (χ3v) is 2.44. The first-order valence-corrected chi connectivity index (χ1v) is 4.34. The molecule has 0 aromatic carbocycles. The highest BCUT2D eigenvalue weighted by atomic mass is 32.2. The van der Waals surface area contributed by atoms with E-state index in [2.05, 4.69) is 24.4 Å². The van der Waals surface area contributed by atoms with Crippen LogP contribution in [0.4, 0.5) is 0 Å². The Morgan fingerprint density at radius 1 is 1.71 bits per heavy atom. The van der Waals surface area contributed by atoms with Gasteiger partial charge < -0.3 is 0 Å². The maximum atomic E-state index is 4.11. The molecular formula is C5H10S2. The summed E-state index contributed by atoms with van der Waals surface area (Å²) in [5.74, 6) is 2.48. The number of thioether (sulfide) groups is 1. The average molecular weight is 134 g/mol. The van der Waals surface area contributed by atoms with E-state index >= 15 is 0 Å². The van der Waals surface area contributed by atoms with Crippen LogP contribution in [0, 0.1) is 0 Å². The van der Waals surface area contributed by atoms with Crippen LogP contribution in [-0.4, -0.2) is 16.8 Å². The molecule has 0 aromatic rings. The van der Waals surface area contributed by atoms with Crippen molar-refractivity contribution in [1.82, 2.24) is 0 Å². The van der Waals surface area contributed by atoms with Crippen LogP contribution in [0.15, 0.2) is 0 Å². The van der Waals surface area contributed by atoms with Crippen LogP contribution in [-0.2, 0) is 0 Å². The van der Waals surface area contributed by atoms with Gasteiger partial charge >= 0.3 is 0 Å². The molecule has 1 rings (SSSR count). The molecule has 1 fully saturated rings. The summed E-state index contributed by atoms with van der Waals surface area (Å²) in [5.41, 5.74) is 0. The maximum Gasteiger partial charge on any atom is 0.0138 e. The Morgan fingerprint density at radius 3 is 2.86 bits per heavy atom. The zero-order valence-corrected chi connectivity index (χ0v) is 5.97. The lowest BCUT2D eigenvalue weighted by atomic mass is 10.3. The van der Waals surface area contributed by atoms with Crippen molar-refractivity contribution in [3.8, 4) is 0 Å². The van der Waals surface area contributed by atoms with E-state index in [0.717, 1.165) is 11.0 Å². The summed E-state index contributed by atoms with van der Waals surface area (Å²) in [7, 11) is 0. The third-order valence-electron chi connectivity index (χ3n) is 1.09. The highest BCUT2D eigenvalue weighted by molar-refractivity contribution is 8.06. The fourth-order valence-electron chi connectivity index (χ4n) is 0.554. The van der Waals surface area contributed by atoms with Crippen molar-refractivity contribution < 1.29 is 0 Å². The number of hydrogen-bond donors (Lipinski definition) is 1. The van der Waals surface area contributed by atoms with Gasteiger partial charge in [-0.15, -0.1) is 0 Å². The van der Waals surface area contributed by atoms with Gasteiger partial charge in [0.2, 0.25) is 0 Å². The van der Waals surface area contributed by atoms with Gasteiger partial charge in [0.15, 0.2) is 0 Å². The molecule has 1 unspecified atom stereocenters. The monoisotopic (exact) mass is 134 g/mol. The molecule has 0 bridgehead atoms. The Balaban J connectivity index is 1.80. The van der Waals surface area contributed by atoms with Gasteiger partial charge in [0.05, 0.1) is 0 Å². The molecular weight excluding hydrogens is 124 g/mol. The molecule has 0 saturated carbocycles. The topological polar surface area (TPSA) is 0 Å². The Labute approximate surface area is 54.5 Å². The highest BCUT2D eigenvalue weighted by Gasteiger charge is 2.20. The molecule has 0 aromatic heterocycles. The SMILES string of the molecule is SCCCC1CS1. The van der Waals surface area contributed by atoms with Crippen LogP contribution in [0.1, 0.15) is 12.8 Å². The fraction of sp³-hybridized carbons (Fsp3) is 1.00.